The summed E-state index contributed by atoms with van der Waals surface area (Å²) in [6.45, 7) is 0. The van der Waals surface area contributed by atoms with Gasteiger partial charge in [-0.05, 0) is 18.6 Å². The number of benzene rings is 1. The van der Waals surface area contributed by atoms with Crippen molar-refractivity contribution < 1.29 is 19.2 Å². The molecule has 0 atom stereocenters. The quantitative estimate of drug-likeness (QED) is 0.795. The highest BCUT2D eigenvalue weighted by Crippen LogP contribution is 2.23. The van der Waals surface area contributed by atoms with Gasteiger partial charge in [0.15, 0.2) is 0 Å². The number of hydrogen-bond acceptors (Lipinski definition) is 4. The molecule has 0 bridgehead atoms. The number of rotatable bonds is 4. The Hall–Kier alpha value is -2.50. The van der Waals surface area contributed by atoms with Crippen molar-refractivity contribution in [3.05, 3.63) is 35.4 Å². The first kappa shape index (κ1) is 12.9. The van der Waals surface area contributed by atoms with Crippen LogP contribution in [0.2, 0.25) is 0 Å². The van der Waals surface area contributed by atoms with Gasteiger partial charge in [-0.25, -0.2) is 4.90 Å². The summed E-state index contributed by atoms with van der Waals surface area (Å²) in [5.74, 6) is -2.34. The molecule has 0 spiro atoms. The molecule has 0 radical (unpaired) electrons. The maximum atomic E-state index is 11.9. The Bertz CT molecular complexity index is 545. The summed E-state index contributed by atoms with van der Waals surface area (Å²) >= 11 is 0. The molecule has 1 aromatic carbocycles. The van der Waals surface area contributed by atoms with Crippen molar-refractivity contribution in [2.24, 2.45) is 5.73 Å². The Morgan fingerprint density at radius 1 is 1.00 bits per heavy atom. The van der Waals surface area contributed by atoms with Gasteiger partial charge in [0.1, 0.15) is 0 Å². The molecule has 19 heavy (non-hydrogen) atoms. The second-order valence-corrected chi connectivity index (χ2v) is 4.20. The third kappa shape index (κ3) is 2.37. The van der Waals surface area contributed by atoms with Crippen LogP contribution in [0.3, 0.4) is 0 Å². The number of hydrogen-bond donors (Lipinski definition) is 1. The van der Waals surface area contributed by atoms with Crippen molar-refractivity contribution in [2.45, 2.75) is 19.3 Å². The molecule has 98 valence electrons. The first-order valence-electron chi connectivity index (χ1n) is 5.81. The minimum absolute atomic E-state index is 0.0505. The van der Waals surface area contributed by atoms with Gasteiger partial charge in [0.2, 0.25) is 11.8 Å². The van der Waals surface area contributed by atoms with Crippen molar-refractivity contribution in [1.29, 1.82) is 0 Å². The van der Waals surface area contributed by atoms with E-state index >= 15 is 0 Å². The summed E-state index contributed by atoms with van der Waals surface area (Å²) in [5.41, 5.74) is 5.42. The van der Waals surface area contributed by atoms with Crippen molar-refractivity contribution >= 4 is 23.6 Å². The molecule has 0 aromatic heterocycles. The molecule has 4 amide bonds. The fourth-order valence-corrected chi connectivity index (χ4v) is 1.94. The average Bonchev–Trinajstić information content (AvgIpc) is 2.62. The van der Waals surface area contributed by atoms with Gasteiger partial charge in [-0.2, -0.15) is 0 Å². The fraction of sp³-hybridized carbons (Fsp3) is 0.231. The topological polar surface area (TPSA) is 97.5 Å². The molecule has 0 unspecified atom stereocenters. The first-order valence-corrected chi connectivity index (χ1v) is 5.81. The lowest BCUT2D eigenvalue weighted by Crippen LogP contribution is -2.36. The Morgan fingerprint density at radius 3 is 2.00 bits per heavy atom. The molecule has 1 aliphatic heterocycles. The highest BCUT2D eigenvalue weighted by Gasteiger charge is 2.38. The molecule has 6 nitrogen and oxygen atoms in total. The number of fused-ring (bicyclic) bond motifs is 1. The van der Waals surface area contributed by atoms with Crippen molar-refractivity contribution in [2.75, 3.05) is 0 Å². The molecule has 1 aliphatic rings. The first-order chi connectivity index (χ1) is 9.02. The van der Waals surface area contributed by atoms with Gasteiger partial charge in [-0.1, -0.05) is 12.1 Å². The van der Waals surface area contributed by atoms with E-state index in [1.165, 1.54) is 12.1 Å². The number of imide groups is 3. The predicted octanol–water partition coefficient (Wildman–Crippen LogP) is 0.465. The monoisotopic (exact) mass is 260 g/mol. The SMILES string of the molecule is NC(=O)CCCC(=O)N1C(=O)c2ccccc2C1=O. The third-order valence-corrected chi connectivity index (χ3v) is 2.86. The smallest absolute Gasteiger partial charge is 0.268 e. The minimum atomic E-state index is -0.607. The summed E-state index contributed by atoms with van der Waals surface area (Å²) in [6, 6.07) is 6.27. The highest BCUT2D eigenvalue weighted by molar-refractivity contribution is 6.28. The number of carbonyl (C=O) groups excluding carboxylic acids is 4. The number of nitrogens with zero attached hydrogens (tertiary/aromatic N) is 1. The molecule has 0 saturated carbocycles. The van der Waals surface area contributed by atoms with E-state index in [2.05, 4.69) is 0 Å². The fourth-order valence-electron chi connectivity index (χ4n) is 1.94. The number of amides is 4. The van der Waals surface area contributed by atoms with Crippen LogP contribution in [0.1, 0.15) is 40.0 Å². The maximum Gasteiger partial charge on any atom is 0.268 e. The van der Waals surface area contributed by atoms with Crippen molar-refractivity contribution in [1.82, 2.24) is 4.90 Å². The van der Waals surface area contributed by atoms with E-state index in [0.717, 1.165) is 0 Å². The van der Waals surface area contributed by atoms with Crippen molar-refractivity contribution in [3.63, 3.8) is 0 Å². The molecule has 1 aromatic rings. The van der Waals surface area contributed by atoms with Crippen LogP contribution in [0.4, 0.5) is 0 Å². The van der Waals surface area contributed by atoms with Crippen LogP contribution in [0.5, 0.6) is 0 Å². The lowest BCUT2D eigenvalue weighted by molar-refractivity contribution is -0.126. The maximum absolute atomic E-state index is 11.9. The Morgan fingerprint density at radius 2 is 1.53 bits per heavy atom. The largest absolute Gasteiger partial charge is 0.370 e. The van der Waals surface area contributed by atoms with Crippen LogP contribution in [-0.2, 0) is 9.59 Å². The molecule has 2 rings (SSSR count). The van der Waals surface area contributed by atoms with Gasteiger partial charge < -0.3 is 5.73 Å². The molecular formula is C13H12N2O4. The van der Waals surface area contributed by atoms with E-state index in [9.17, 15) is 19.2 Å². The van der Waals surface area contributed by atoms with Gasteiger partial charge in [0.25, 0.3) is 11.8 Å². The molecule has 2 N–H and O–H groups in total. The lowest BCUT2D eigenvalue weighted by atomic mass is 10.1. The zero-order valence-electron chi connectivity index (χ0n) is 10.1. The predicted molar refractivity (Wildman–Crippen MR) is 65.0 cm³/mol. The Labute approximate surface area is 109 Å². The average molecular weight is 260 g/mol. The van der Waals surface area contributed by atoms with Gasteiger partial charge in [-0.15, -0.1) is 0 Å². The van der Waals surface area contributed by atoms with Crippen LogP contribution in [0.15, 0.2) is 24.3 Å². The molecule has 0 saturated heterocycles. The van der Waals surface area contributed by atoms with Gasteiger partial charge >= 0.3 is 0 Å². The van der Waals surface area contributed by atoms with E-state index in [4.69, 9.17) is 5.73 Å². The number of carbonyl (C=O) groups is 4. The normalized spacial score (nSPS) is 13.6. The summed E-state index contributed by atoms with van der Waals surface area (Å²) in [5, 5.41) is 0. The highest BCUT2D eigenvalue weighted by atomic mass is 16.2. The number of nitrogens with two attached hydrogens (primary N) is 1. The summed E-state index contributed by atoms with van der Waals surface area (Å²) < 4.78 is 0. The minimum Gasteiger partial charge on any atom is -0.370 e. The van der Waals surface area contributed by atoms with Gasteiger partial charge in [-0.3, -0.25) is 19.2 Å². The molecule has 6 heteroatoms. The van der Waals surface area contributed by atoms with Crippen LogP contribution < -0.4 is 5.73 Å². The van der Waals surface area contributed by atoms with Crippen LogP contribution in [0, 0.1) is 0 Å². The summed E-state index contributed by atoms with van der Waals surface area (Å²) in [6.07, 6.45) is 0.213. The summed E-state index contributed by atoms with van der Waals surface area (Å²) in [7, 11) is 0. The van der Waals surface area contributed by atoms with E-state index in [-0.39, 0.29) is 30.4 Å². The zero-order valence-corrected chi connectivity index (χ0v) is 10.1. The lowest BCUT2D eigenvalue weighted by Gasteiger charge is -2.11. The van der Waals surface area contributed by atoms with Crippen LogP contribution >= 0.6 is 0 Å². The second kappa shape index (κ2) is 5.01. The second-order valence-electron chi connectivity index (χ2n) is 4.20. The third-order valence-electron chi connectivity index (χ3n) is 2.86. The molecular weight excluding hydrogens is 248 g/mol. The van der Waals surface area contributed by atoms with E-state index in [0.29, 0.717) is 4.90 Å². The number of primary amides is 1. The summed E-state index contributed by atoms with van der Waals surface area (Å²) in [4.78, 5) is 46.9. The van der Waals surface area contributed by atoms with Crippen LogP contribution in [0.25, 0.3) is 0 Å². The Balaban J connectivity index is 2.11. The zero-order chi connectivity index (χ0) is 14.0. The Kier molecular flexibility index (Phi) is 3.41. The van der Waals surface area contributed by atoms with Gasteiger partial charge in [0, 0.05) is 12.8 Å². The van der Waals surface area contributed by atoms with E-state index in [1.807, 2.05) is 0 Å². The standard InChI is InChI=1S/C13H12N2O4/c14-10(16)6-3-7-11(17)15-12(18)8-4-1-2-5-9(8)13(15)19/h1-2,4-5H,3,6-7H2,(H2,14,16). The van der Waals surface area contributed by atoms with E-state index < -0.39 is 23.6 Å². The molecule has 1 heterocycles. The van der Waals surface area contributed by atoms with Crippen molar-refractivity contribution in [3.8, 4) is 0 Å². The van der Waals surface area contributed by atoms with Crippen LogP contribution in [-0.4, -0.2) is 28.5 Å². The molecule has 0 fully saturated rings. The molecule has 0 aliphatic carbocycles. The van der Waals surface area contributed by atoms with Gasteiger partial charge in [0.05, 0.1) is 11.1 Å². The van der Waals surface area contributed by atoms with E-state index in [1.54, 1.807) is 12.1 Å².